The highest BCUT2D eigenvalue weighted by molar-refractivity contribution is 5.16. The normalized spacial score (nSPS) is 55.2. The molecule has 1 heterocycles. The van der Waals surface area contributed by atoms with Gasteiger partial charge in [0.1, 0.15) is 0 Å². The summed E-state index contributed by atoms with van der Waals surface area (Å²) in [6.07, 6.45) is 6.23. The molecule has 96 valence electrons. The predicted octanol–water partition coefficient (Wildman–Crippen LogP) is 0.997. The summed E-state index contributed by atoms with van der Waals surface area (Å²) in [5.41, 5.74) is 0. The molecule has 0 aromatic heterocycles. The summed E-state index contributed by atoms with van der Waals surface area (Å²) in [5, 5.41) is 7.38. The Balaban J connectivity index is 1.25. The second kappa shape index (κ2) is 3.94. The fourth-order valence-corrected chi connectivity index (χ4v) is 4.99. The molecule has 0 aromatic rings. The van der Waals surface area contributed by atoms with E-state index < -0.39 is 0 Å². The molecule has 4 aliphatic rings. The third-order valence-electron chi connectivity index (χ3n) is 5.85. The van der Waals surface area contributed by atoms with Gasteiger partial charge in [-0.2, -0.15) is 0 Å². The predicted molar refractivity (Wildman–Crippen MR) is 66.8 cm³/mol. The van der Waals surface area contributed by atoms with E-state index in [0.29, 0.717) is 12.1 Å². The third kappa shape index (κ3) is 1.66. The average molecular weight is 236 g/mol. The fraction of sp³-hybridized carbons (Fsp3) is 1.00. The minimum absolute atomic E-state index is 0.441. The van der Waals surface area contributed by atoms with Crippen LogP contribution in [0.2, 0.25) is 0 Å². The van der Waals surface area contributed by atoms with Crippen molar-refractivity contribution < 1.29 is 4.74 Å². The van der Waals surface area contributed by atoms with Crippen LogP contribution in [0.5, 0.6) is 0 Å². The quantitative estimate of drug-likeness (QED) is 0.764. The highest BCUT2D eigenvalue weighted by Crippen LogP contribution is 2.65. The van der Waals surface area contributed by atoms with Crippen LogP contribution in [0.15, 0.2) is 0 Å². The first-order valence-corrected chi connectivity index (χ1v) is 7.36. The molecule has 0 radical (unpaired) electrons. The summed E-state index contributed by atoms with van der Waals surface area (Å²) in [7, 11) is 1.82. The topological polar surface area (TPSA) is 33.3 Å². The van der Waals surface area contributed by atoms with Crippen molar-refractivity contribution in [1.82, 2.24) is 10.6 Å². The molecule has 1 saturated heterocycles. The molecule has 4 fully saturated rings. The summed E-state index contributed by atoms with van der Waals surface area (Å²) in [6.45, 7) is 2.18. The van der Waals surface area contributed by atoms with E-state index in [-0.39, 0.29) is 0 Å². The number of hydrogen-bond donors (Lipinski definition) is 2. The van der Waals surface area contributed by atoms with Gasteiger partial charge in [-0.05, 0) is 49.4 Å². The molecule has 0 aromatic carbocycles. The lowest BCUT2D eigenvalue weighted by Gasteiger charge is -2.14. The molecule has 3 aliphatic carbocycles. The molecule has 1 aliphatic heterocycles. The summed E-state index contributed by atoms with van der Waals surface area (Å²) < 4.78 is 5.39. The second-order valence-electron chi connectivity index (χ2n) is 6.62. The van der Waals surface area contributed by atoms with Gasteiger partial charge in [-0.1, -0.05) is 0 Å². The maximum absolute atomic E-state index is 5.39. The first-order valence-electron chi connectivity index (χ1n) is 7.36. The van der Waals surface area contributed by atoms with Crippen molar-refractivity contribution in [3.05, 3.63) is 0 Å². The van der Waals surface area contributed by atoms with E-state index in [2.05, 4.69) is 10.6 Å². The van der Waals surface area contributed by atoms with E-state index >= 15 is 0 Å². The number of nitrogens with one attached hydrogen (secondary N) is 2. The SMILES string of the molecule is COC1CNC(CNC2C3C4CCC(C4)C23)C1. The summed E-state index contributed by atoms with van der Waals surface area (Å²) in [6, 6.07) is 1.52. The van der Waals surface area contributed by atoms with Crippen LogP contribution in [0.3, 0.4) is 0 Å². The van der Waals surface area contributed by atoms with Gasteiger partial charge >= 0.3 is 0 Å². The Morgan fingerprint density at radius 3 is 2.59 bits per heavy atom. The van der Waals surface area contributed by atoms with E-state index in [1.54, 1.807) is 6.42 Å². The van der Waals surface area contributed by atoms with Crippen molar-refractivity contribution >= 4 is 0 Å². The average Bonchev–Trinajstić information content (AvgIpc) is 2.81. The van der Waals surface area contributed by atoms with E-state index in [0.717, 1.165) is 42.8 Å². The lowest BCUT2D eigenvalue weighted by Crippen LogP contribution is -2.36. The molecule has 3 heteroatoms. The molecule has 3 saturated carbocycles. The van der Waals surface area contributed by atoms with Gasteiger partial charge in [0.2, 0.25) is 0 Å². The van der Waals surface area contributed by atoms with Gasteiger partial charge in [0.25, 0.3) is 0 Å². The van der Waals surface area contributed by atoms with Gasteiger partial charge in [-0.3, -0.25) is 0 Å². The summed E-state index contributed by atoms with van der Waals surface area (Å²) in [4.78, 5) is 0. The van der Waals surface area contributed by atoms with Crippen LogP contribution >= 0.6 is 0 Å². The minimum Gasteiger partial charge on any atom is -0.380 e. The largest absolute Gasteiger partial charge is 0.380 e. The zero-order valence-electron chi connectivity index (χ0n) is 10.7. The summed E-state index contributed by atoms with van der Waals surface area (Å²) in [5.74, 6) is 4.30. The standard InChI is InChI=1S/C14H24N2O/c1-17-11-5-10(15-7-11)6-16-14-12-8-2-3-9(4-8)13(12)14/h8-16H,2-7H2,1H3. The van der Waals surface area contributed by atoms with E-state index in [1.807, 2.05) is 7.11 Å². The Morgan fingerprint density at radius 2 is 1.94 bits per heavy atom. The zero-order valence-corrected chi connectivity index (χ0v) is 10.7. The molecule has 3 nitrogen and oxygen atoms in total. The number of fused-ring (bicyclic) bond motifs is 5. The molecule has 17 heavy (non-hydrogen) atoms. The van der Waals surface area contributed by atoms with Crippen molar-refractivity contribution in [1.29, 1.82) is 0 Å². The Labute approximate surface area is 104 Å². The lowest BCUT2D eigenvalue weighted by molar-refractivity contribution is 0.117. The third-order valence-corrected chi connectivity index (χ3v) is 5.85. The molecule has 0 spiro atoms. The Morgan fingerprint density at radius 1 is 1.18 bits per heavy atom. The van der Waals surface area contributed by atoms with Gasteiger partial charge in [-0.25, -0.2) is 0 Å². The zero-order chi connectivity index (χ0) is 11.4. The van der Waals surface area contributed by atoms with Crippen molar-refractivity contribution in [2.75, 3.05) is 20.2 Å². The van der Waals surface area contributed by atoms with E-state index in [4.69, 9.17) is 4.74 Å². The molecule has 6 unspecified atom stereocenters. The van der Waals surface area contributed by atoms with Crippen molar-refractivity contribution in [2.24, 2.45) is 23.7 Å². The molecular formula is C14H24N2O. The first kappa shape index (κ1) is 10.8. The van der Waals surface area contributed by atoms with Crippen LogP contribution in [0.25, 0.3) is 0 Å². The van der Waals surface area contributed by atoms with E-state index in [9.17, 15) is 0 Å². The van der Waals surface area contributed by atoms with Crippen LogP contribution < -0.4 is 10.6 Å². The van der Waals surface area contributed by atoms with Gasteiger partial charge < -0.3 is 15.4 Å². The summed E-state index contributed by atoms with van der Waals surface area (Å²) >= 11 is 0. The van der Waals surface area contributed by atoms with Gasteiger partial charge in [0.05, 0.1) is 6.10 Å². The van der Waals surface area contributed by atoms with Crippen molar-refractivity contribution in [3.63, 3.8) is 0 Å². The second-order valence-corrected chi connectivity index (χ2v) is 6.62. The molecule has 4 rings (SSSR count). The number of rotatable bonds is 4. The van der Waals surface area contributed by atoms with E-state index in [1.165, 1.54) is 19.3 Å². The monoisotopic (exact) mass is 236 g/mol. The molecular weight excluding hydrogens is 212 g/mol. The van der Waals surface area contributed by atoms with Crippen LogP contribution in [-0.4, -0.2) is 38.4 Å². The van der Waals surface area contributed by atoms with Crippen LogP contribution in [0.1, 0.15) is 25.7 Å². The maximum atomic E-state index is 5.39. The molecule has 2 N–H and O–H groups in total. The molecule has 2 bridgehead atoms. The Hall–Kier alpha value is -0.120. The molecule has 0 amide bonds. The smallest absolute Gasteiger partial charge is 0.0711 e. The number of hydrogen-bond acceptors (Lipinski definition) is 3. The van der Waals surface area contributed by atoms with Crippen molar-refractivity contribution in [3.8, 4) is 0 Å². The number of methoxy groups -OCH3 is 1. The van der Waals surface area contributed by atoms with Crippen molar-refractivity contribution in [2.45, 2.75) is 43.9 Å². The Kier molecular flexibility index (Phi) is 2.50. The number of ether oxygens (including phenoxy) is 1. The first-order chi connectivity index (χ1) is 8.36. The van der Waals surface area contributed by atoms with Crippen LogP contribution in [0.4, 0.5) is 0 Å². The van der Waals surface area contributed by atoms with Crippen LogP contribution in [-0.2, 0) is 4.74 Å². The lowest BCUT2D eigenvalue weighted by atomic mass is 10.0. The highest BCUT2D eigenvalue weighted by Gasteiger charge is 2.64. The van der Waals surface area contributed by atoms with Gasteiger partial charge in [0.15, 0.2) is 0 Å². The highest BCUT2D eigenvalue weighted by atomic mass is 16.5. The Bertz CT molecular complexity index is 293. The fourth-order valence-electron chi connectivity index (χ4n) is 4.99. The van der Waals surface area contributed by atoms with Gasteiger partial charge in [0, 0.05) is 32.3 Å². The van der Waals surface area contributed by atoms with Gasteiger partial charge in [-0.15, -0.1) is 0 Å². The molecule has 6 atom stereocenters. The van der Waals surface area contributed by atoms with Crippen LogP contribution in [0, 0.1) is 23.7 Å². The minimum atomic E-state index is 0.441. The maximum Gasteiger partial charge on any atom is 0.0711 e.